The summed E-state index contributed by atoms with van der Waals surface area (Å²) in [7, 11) is 1.63. The van der Waals surface area contributed by atoms with E-state index in [4.69, 9.17) is 4.74 Å². The van der Waals surface area contributed by atoms with Crippen LogP contribution in [0.2, 0.25) is 0 Å². The number of carbonyl (C=O) groups excluding carboxylic acids is 1. The summed E-state index contributed by atoms with van der Waals surface area (Å²) in [5.41, 5.74) is 0.295. The maximum absolute atomic E-state index is 12.4. The number of aromatic nitrogens is 5. The van der Waals surface area contributed by atoms with Crippen LogP contribution in [-0.4, -0.2) is 42.1 Å². The normalized spacial score (nSPS) is 14.8. The van der Waals surface area contributed by atoms with E-state index in [-0.39, 0.29) is 5.69 Å². The minimum Gasteiger partial charge on any atom is -0.481 e. The van der Waals surface area contributed by atoms with Crippen LogP contribution in [0.25, 0.3) is 9.66 Å². The maximum atomic E-state index is 12.4. The lowest BCUT2D eigenvalue weighted by atomic mass is 10.1. The molecular weight excluding hydrogens is 476 g/mol. The molecule has 5 rings (SSSR count). The van der Waals surface area contributed by atoms with Gasteiger partial charge in [-0.15, -0.1) is 5.10 Å². The fraction of sp³-hybridized carbons (Fsp3) is 0.273. The number of nitrogens with zero attached hydrogens (tertiary/aromatic N) is 5. The van der Waals surface area contributed by atoms with Crippen molar-refractivity contribution >= 4 is 50.2 Å². The van der Waals surface area contributed by atoms with Gasteiger partial charge < -0.3 is 9.84 Å². The van der Waals surface area contributed by atoms with Gasteiger partial charge in [-0.05, 0) is 37.2 Å². The minimum atomic E-state index is -0.844. The molecule has 4 aromatic rings. The number of nitrogens with one attached hydrogen (secondary N) is 1. The van der Waals surface area contributed by atoms with Crippen molar-refractivity contribution in [2.75, 3.05) is 5.32 Å². The first-order valence-corrected chi connectivity index (χ1v) is 11.9. The number of anilines is 1. The average Bonchev–Trinajstić information content (AvgIpc) is 3.26. The third kappa shape index (κ3) is 4.11. The van der Waals surface area contributed by atoms with Crippen molar-refractivity contribution in [3.05, 3.63) is 51.6 Å². The number of carboxylic acids is 1. The highest BCUT2D eigenvalue weighted by molar-refractivity contribution is 7.26. The van der Waals surface area contributed by atoms with Crippen molar-refractivity contribution in [2.24, 2.45) is 7.05 Å². The molecule has 1 saturated carbocycles. The number of amides is 1. The molecule has 0 saturated heterocycles. The first-order valence-electron chi connectivity index (χ1n) is 10.3. The second-order valence-electron chi connectivity index (χ2n) is 7.78. The number of hydrogen-bond donors (Lipinski definition) is 2. The Balaban J connectivity index is 1.30. The first kappa shape index (κ1) is 22.0. The highest BCUT2D eigenvalue weighted by Gasteiger charge is 2.54. The van der Waals surface area contributed by atoms with Gasteiger partial charge in [0.25, 0.3) is 0 Å². The van der Waals surface area contributed by atoms with Crippen molar-refractivity contribution in [1.82, 2.24) is 25.0 Å². The summed E-state index contributed by atoms with van der Waals surface area (Å²) in [5, 5.41) is 21.1. The van der Waals surface area contributed by atoms with Gasteiger partial charge in [0, 0.05) is 7.05 Å². The lowest BCUT2D eigenvalue weighted by Crippen LogP contribution is -2.18. The zero-order valence-corrected chi connectivity index (χ0v) is 19.7. The van der Waals surface area contributed by atoms with Gasteiger partial charge in [-0.2, -0.15) is 0 Å². The SMILES string of the molecule is CC(OC(=O)Nc1c(C#Cc2nc3sc(C4(C(=O)O)CC4)nc3s2)nnn1C)c1ccccc1. The number of aliphatic carboxylic acids is 1. The maximum Gasteiger partial charge on any atom is 0.413 e. The van der Waals surface area contributed by atoms with Crippen molar-refractivity contribution in [1.29, 1.82) is 0 Å². The molecule has 0 radical (unpaired) electrons. The molecule has 1 aliphatic carbocycles. The molecule has 12 heteroatoms. The third-order valence-electron chi connectivity index (χ3n) is 5.43. The van der Waals surface area contributed by atoms with Gasteiger partial charge in [0.05, 0.1) is 0 Å². The van der Waals surface area contributed by atoms with Crippen molar-refractivity contribution < 1.29 is 19.4 Å². The molecule has 0 spiro atoms. The van der Waals surface area contributed by atoms with Crippen LogP contribution in [0.5, 0.6) is 0 Å². The fourth-order valence-electron chi connectivity index (χ4n) is 3.32. The smallest absolute Gasteiger partial charge is 0.413 e. The number of thiazole rings is 2. The second kappa shape index (κ2) is 8.51. The van der Waals surface area contributed by atoms with Crippen LogP contribution in [0.4, 0.5) is 10.6 Å². The summed E-state index contributed by atoms with van der Waals surface area (Å²) in [6, 6.07) is 9.40. The standard InChI is InChI=1S/C22H18N6O4S2/c1-12(13-6-4-3-5-7-13)32-21(31)24-16-14(26-27-28(16)2)8-9-15-23-17-18(33-15)25-19(34-17)22(10-11-22)20(29)30/h3-7,12H,10-11H2,1-2H3,(H,24,31)(H,29,30). The van der Waals surface area contributed by atoms with E-state index in [0.29, 0.717) is 38.3 Å². The van der Waals surface area contributed by atoms with E-state index in [1.54, 1.807) is 14.0 Å². The average molecular weight is 495 g/mol. The van der Waals surface area contributed by atoms with E-state index in [1.807, 2.05) is 30.3 Å². The number of rotatable bonds is 5. The van der Waals surface area contributed by atoms with Gasteiger partial charge in [0.1, 0.15) is 16.5 Å². The first-order chi connectivity index (χ1) is 16.4. The number of carboxylic acid groups (broad SMARTS) is 1. The Bertz CT molecular complexity index is 1430. The van der Waals surface area contributed by atoms with E-state index < -0.39 is 23.6 Å². The van der Waals surface area contributed by atoms with E-state index in [1.165, 1.54) is 27.4 Å². The number of hydrogen-bond acceptors (Lipinski definition) is 9. The molecule has 0 aliphatic heterocycles. The second-order valence-corrected chi connectivity index (χ2v) is 9.73. The van der Waals surface area contributed by atoms with Gasteiger partial charge in [-0.3, -0.25) is 10.1 Å². The topological polar surface area (TPSA) is 132 Å². The molecule has 172 valence electrons. The molecule has 0 bridgehead atoms. The van der Waals surface area contributed by atoms with Crippen molar-refractivity contribution in [3.8, 4) is 11.8 Å². The molecule has 1 atom stereocenters. The third-order valence-corrected chi connectivity index (χ3v) is 7.58. The molecule has 34 heavy (non-hydrogen) atoms. The van der Waals surface area contributed by atoms with Crippen LogP contribution in [-0.2, 0) is 22.0 Å². The molecule has 1 aliphatic rings. The van der Waals surface area contributed by atoms with Crippen molar-refractivity contribution in [3.63, 3.8) is 0 Å². The molecule has 1 aromatic carbocycles. The predicted octanol–water partition coefficient (Wildman–Crippen LogP) is 3.71. The number of carbonyl (C=O) groups is 2. The minimum absolute atomic E-state index is 0.266. The zero-order valence-electron chi connectivity index (χ0n) is 18.1. The summed E-state index contributed by atoms with van der Waals surface area (Å²) < 4.78 is 6.84. The van der Waals surface area contributed by atoms with E-state index >= 15 is 0 Å². The van der Waals surface area contributed by atoms with Crippen LogP contribution in [0, 0.1) is 11.8 Å². The van der Waals surface area contributed by atoms with Crippen LogP contribution in [0.3, 0.4) is 0 Å². The Labute approximate surface area is 201 Å². The summed E-state index contributed by atoms with van der Waals surface area (Å²) >= 11 is 2.57. The molecule has 1 unspecified atom stereocenters. The predicted molar refractivity (Wildman–Crippen MR) is 126 cm³/mol. The number of fused-ring (bicyclic) bond motifs is 1. The Hall–Kier alpha value is -3.82. The molecule has 2 N–H and O–H groups in total. The number of ether oxygens (including phenoxy) is 1. The lowest BCUT2D eigenvalue weighted by Gasteiger charge is -2.14. The van der Waals surface area contributed by atoms with Gasteiger partial charge in [0.15, 0.2) is 26.2 Å². The zero-order chi connectivity index (χ0) is 23.9. The fourth-order valence-corrected chi connectivity index (χ4v) is 5.45. The summed E-state index contributed by atoms with van der Waals surface area (Å²) in [4.78, 5) is 34.2. The Morgan fingerprint density at radius 3 is 2.59 bits per heavy atom. The highest BCUT2D eigenvalue weighted by Crippen LogP contribution is 2.50. The van der Waals surface area contributed by atoms with Crippen LogP contribution >= 0.6 is 22.7 Å². The van der Waals surface area contributed by atoms with Crippen LogP contribution < -0.4 is 5.32 Å². The van der Waals surface area contributed by atoms with E-state index in [9.17, 15) is 14.7 Å². The number of benzene rings is 1. The lowest BCUT2D eigenvalue weighted by molar-refractivity contribution is -0.140. The summed E-state index contributed by atoms with van der Waals surface area (Å²) in [5.74, 6) is 5.27. The Morgan fingerprint density at radius 2 is 1.91 bits per heavy atom. The molecule has 10 nitrogen and oxygen atoms in total. The van der Waals surface area contributed by atoms with Gasteiger partial charge in [-0.1, -0.05) is 58.2 Å². The van der Waals surface area contributed by atoms with Crippen molar-refractivity contribution in [2.45, 2.75) is 31.3 Å². The number of aryl methyl sites for hydroxylation is 1. The summed E-state index contributed by atoms with van der Waals surface area (Å²) in [6.45, 7) is 1.78. The van der Waals surface area contributed by atoms with E-state index in [2.05, 4.69) is 37.4 Å². The Morgan fingerprint density at radius 1 is 1.18 bits per heavy atom. The molecule has 3 aromatic heterocycles. The molecule has 1 amide bonds. The van der Waals surface area contributed by atoms with E-state index in [0.717, 1.165) is 5.56 Å². The monoisotopic (exact) mass is 494 g/mol. The van der Waals surface area contributed by atoms with Crippen LogP contribution in [0.15, 0.2) is 30.3 Å². The largest absolute Gasteiger partial charge is 0.481 e. The quantitative estimate of drug-likeness (QED) is 0.401. The Kier molecular flexibility index (Phi) is 5.51. The molecular formula is C22H18N6O4S2. The van der Waals surface area contributed by atoms with Gasteiger partial charge >= 0.3 is 12.1 Å². The van der Waals surface area contributed by atoms with Crippen LogP contribution in [0.1, 0.15) is 47.1 Å². The summed E-state index contributed by atoms with van der Waals surface area (Å²) in [6.07, 6.45) is 0.118. The molecule has 1 fully saturated rings. The van der Waals surface area contributed by atoms with Gasteiger partial charge in [-0.25, -0.2) is 19.4 Å². The van der Waals surface area contributed by atoms with Gasteiger partial charge in [0.2, 0.25) is 0 Å². The molecule has 3 heterocycles. The highest BCUT2D eigenvalue weighted by atomic mass is 32.1.